The Labute approximate surface area is 245 Å². The quantitative estimate of drug-likeness (QED) is 0.151. The van der Waals surface area contributed by atoms with Crippen LogP contribution in [0.5, 0.6) is 0 Å². The molecule has 0 spiro atoms. The van der Waals surface area contributed by atoms with Crippen LogP contribution in [0.25, 0.3) is 15.9 Å². The van der Waals surface area contributed by atoms with E-state index in [2.05, 4.69) is 12.2 Å². The molecule has 0 saturated carbocycles. The SMILES string of the molecule is CCOC(=O)c1c(NC(=O)CSc2nc3sc4c(c3c(=O)n2-c2ccccc2)CCCC4)sc2c1CC[C@@H](C)C2. The predicted molar refractivity (Wildman–Crippen MR) is 163 cm³/mol. The number of aromatic nitrogens is 2. The monoisotopic (exact) mass is 593 g/mol. The number of anilines is 1. The maximum absolute atomic E-state index is 13.9. The Bertz CT molecular complexity index is 1650. The second-order valence-electron chi connectivity index (χ2n) is 10.4. The molecule has 0 fully saturated rings. The lowest BCUT2D eigenvalue weighted by atomic mass is 9.88. The Hall–Kier alpha value is -2.95. The summed E-state index contributed by atoms with van der Waals surface area (Å²) < 4.78 is 6.98. The summed E-state index contributed by atoms with van der Waals surface area (Å²) in [5.41, 5.74) is 3.30. The number of carbonyl (C=O) groups is 2. The maximum atomic E-state index is 13.9. The summed E-state index contributed by atoms with van der Waals surface area (Å²) in [7, 11) is 0. The number of para-hydroxylation sites is 1. The molecule has 1 amide bonds. The van der Waals surface area contributed by atoms with E-state index in [9.17, 15) is 14.4 Å². The number of nitrogens with one attached hydrogen (secondary N) is 1. The van der Waals surface area contributed by atoms with Gasteiger partial charge in [0.1, 0.15) is 9.83 Å². The van der Waals surface area contributed by atoms with Crippen LogP contribution in [-0.4, -0.2) is 33.8 Å². The third-order valence-corrected chi connectivity index (χ3v) is 10.8. The third kappa shape index (κ3) is 5.12. The van der Waals surface area contributed by atoms with Crippen molar-refractivity contribution < 1.29 is 14.3 Å². The van der Waals surface area contributed by atoms with Crippen LogP contribution in [0.15, 0.2) is 40.3 Å². The van der Waals surface area contributed by atoms with E-state index in [0.717, 1.165) is 76.9 Å². The van der Waals surface area contributed by atoms with Gasteiger partial charge in [-0.3, -0.25) is 14.2 Å². The first kappa shape index (κ1) is 27.2. The topological polar surface area (TPSA) is 90.3 Å². The number of esters is 1. The van der Waals surface area contributed by atoms with Crippen LogP contribution < -0.4 is 10.9 Å². The number of rotatable bonds is 7. The molecule has 6 rings (SSSR count). The van der Waals surface area contributed by atoms with Crippen molar-refractivity contribution in [2.45, 2.75) is 63.9 Å². The number of carbonyl (C=O) groups excluding carboxylic acids is 2. The van der Waals surface area contributed by atoms with Crippen LogP contribution in [0.1, 0.15) is 64.3 Å². The van der Waals surface area contributed by atoms with Crippen molar-refractivity contribution in [1.82, 2.24) is 9.55 Å². The molecule has 0 unspecified atom stereocenters. The zero-order valence-corrected chi connectivity index (χ0v) is 25.0. The highest BCUT2D eigenvalue weighted by molar-refractivity contribution is 7.99. The first-order chi connectivity index (χ1) is 19.4. The van der Waals surface area contributed by atoms with Gasteiger partial charge in [0, 0.05) is 9.75 Å². The van der Waals surface area contributed by atoms with Crippen LogP contribution in [-0.2, 0) is 35.2 Å². The lowest BCUT2D eigenvalue weighted by molar-refractivity contribution is -0.113. The predicted octanol–water partition coefficient (Wildman–Crippen LogP) is 6.42. The number of hydrogen-bond donors (Lipinski definition) is 1. The van der Waals surface area contributed by atoms with Gasteiger partial charge in [0.05, 0.1) is 29.0 Å². The van der Waals surface area contributed by atoms with Gasteiger partial charge in [0.2, 0.25) is 5.91 Å². The highest BCUT2D eigenvalue weighted by atomic mass is 32.2. The second-order valence-corrected chi connectivity index (χ2v) is 13.5. The molecule has 3 aromatic heterocycles. The van der Waals surface area contributed by atoms with Gasteiger partial charge in [-0.1, -0.05) is 36.9 Å². The van der Waals surface area contributed by atoms with E-state index in [1.807, 2.05) is 30.3 Å². The van der Waals surface area contributed by atoms with Crippen molar-refractivity contribution in [3.63, 3.8) is 0 Å². The van der Waals surface area contributed by atoms with Crippen LogP contribution >= 0.6 is 34.4 Å². The lowest BCUT2D eigenvalue weighted by Gasteiger charge is -2.18. The number of thiophene rings is 2. The highest BCUT2D eigenvalue weighted by Gasteiger charge is 2.29. The fourth-order valence-electron chi connectivity index (χ4n) is 5.64. The molecule has 2 aliphatic rings. The van der Waals surface area contributed by atoms with Crippen molar-refractivity contribution in [2.24, 2.45) is 5.92 Å². The number of hydrogen-bond acceptors (Lipinski definition) is 8. The van der Waals surface area contributed by atoms with Crippen molar-refractivity contribution in [3.8, 4) is 5.69 Å². The summed E-state index contributed by atoms with van der Waals surface area (Å²) in [6.07, 6.45) is 6.82. The minimum atomic E-state index is -0.385. The number of nitrogens with zero attached hydrogens (tertiary/aromatic N) is 2. The normalized spacial score (nSPS) is 16.4. The minimum Gasteiger partial charge on any atom is -0.462 e. The van der Waals surface area contributed by atoms with Gasteiger partial charge in [0.25, 0.3) is 5.56 Å². The molecule has 3 heterocycles. The molecule has 1 atom stereocenters. The third-order valence-electron chi connectivity index (χ3n) is 7.55. The van der Waals surface area contributed by atoms with Crippen molar-refractivity contribution >= 4 is 61.5 Å². The van der Waals surface area contributed by atoms with Crippen LogP contribution in [0.3, 0.4) is 0 Å². The number of amides is 1. The molecule has 208 valence electrons. The van der Waals surface area contributed by atoms with Crippen LogP contribution in [0.2, 0.25) is 0 Å². The molecule has 4 aromatic rings. The number of thioether (sulfide) groups is 1. The van der Waals surface area contributed by atoms with Gasteiger partial charge in [0.15, 0.2) is 5.16 Å². The van der Waals surface area contributed by atoms with Crippen LogP contribution in [0, 0.1) is 5.92 Å². The summed E-state index contributed by atoms with van der Waals surface area (Å²) in [5.74, 6) is -0.0401. The van der Waals surface area contributed by atoms with Gasteiger partial charge in [-0.2, -0.15) is 0 Å². The summed E-state index contributed by atoms with van der Waals surface area (Å²) >= 11 is 4.32. The van der Waals surface area contributed by atoms with Gasteiger partial charge < -0.3 is 10.1 Å². The number of ether oxygens (including phenoxy) is 1. The molecule has 2 aliphatic carbocycles. The first-order valence-corrected chi connectivity index (χ1v) is 16.4. The van der Waals surface area contributed by atoms with Gasteiger partial charge >= 0.3 is 5.97 Å². The summed E-state index contributed by atoms with van der Waals surface area (Å²) in [4.78, 5) is 48.1. The molecular formula is C30H31N3O4S3. The molecule has 10 heteroatoms. The summed E-state index contributed by atoms with van der Waals surface area (Å²) in [6.45, 7) is 4.27. The fourth-order valence-corrected chi connectivity index (χ4v) is 9.17. The van der Waals surface area contributed by atoms with E-state index in [1.165, 1.54) is 28.0 Å². The number of fused-ring (bicyclic) bond motifs is 4. The fraction of sp³-hybridized carbons (Fsp3) is 0.400. The molecule has 1 N–H and O–H groups in total. The zero-order chi connectivity index (χ0) is 27.8. The molecule has 7 nitrogen and oxygen atoms in total. The molecule has 0 radical (unpaired) electrons. The van der Waals surface area contributed by atoms with Crippen molar-refractivity contribution in [1.29, 1.82) is 0 Å². The van der Waals surface area contributed by atoms with E-state index in [-0.39, 0.29) is 29.8 Å². The Morgan fingerprint density at radius 3 is 2.70 bits per heavy atom. The van der Waals surface area contributed by atoms with E-state index in [0.29, 0.717) is 21.6 Å². The highest BCUT2D eigenvalue weighted by Crippen LogP contribution is 2.40. The second kappa shape index (κ2) is 11.5. The standard InChI is InChI=1S/C30H31N3O4S3/c1-3-37-29(36)25-20-14-13-17(2)15-22(20)40-27(25)31-23(34)16-38-30-32-26-24(19-11-7-8-12-21(19)39-26)28(35)33(30)18-9-5-4-6-10-18/h4-6,9-10,17H,3,7-8,11-16H2,1-2H3,(H,31,34)/t17-/m1/s1. The van der Waals surface area contributed by atoms with Crippen molar-refractivity contribution in [2.75, 3.05) is 17.7 Å². The van der Waals surface area contributed by atoms with E-state index < -0.39 is 0 Å². The van der Waals surface area contributed by atoms with Crippen LogP contribution in [0.4, 0.5) is 5.00 Å². The number of benzene rings is 1. The molecule has 0 aliphatic heterocycles. The Kier molecular flexibility index (Phi) is 7.83. The molecule has 1 aromatic carbocycles. The Morgan fingerprint density at radius 1 is 1.10 bits per heavy atom. The molecule has 0 bridgehead atoms. The Balaban J connectivity index is 1.31. The van der Waals surface area contributed by atoms with Gasteiger partial charge in [-0.05, 0) is 81.0 Å². The van der Waals surface area contributed by atoms with Gasteiger partial charge in [-0.25, -0.2) is 9.78 Å². The first-order valence-electron chi connectivity index (χ1n) is 13.8. The minimum absolute atomic E-state index is 0.0527. The van der Waals surface area contributed by atoms with E-state index in [1.54, 1.807) is 22.8 Å². The summed E-state index contributed by atoms with van der Waals surface area (Å²) in [5, 5.41) is 4.75. The Morgan fingerprint density at radius 2 is 1.90 bits per heavy atom. The zero-order valence-electron chi connectivity index (χ0n) is 22.6. The molecular weight excluding hydrogens is 563 g/mol. The molecule has 0 saturated heterocycles. The largest absolute Gasteiger partial charge is 0.462 e. The summed E-state index contributed by atoms with van der Waals surface area (Å²) in [6, 6.07) is 9.48. The van der Waals surface area contributed by atoms with Crippen molar-refractivity contribution in [3.05, 3.63) is 67.1 Å². The maximum Gasteiger partial charge on any atom is 0.341 e. The molecule has 40 heavy (non-hydrogen) atoms. The average Bonchev–Trinajstić information content (AvgIpc) is 3.50. The van der Waals surface area contributed by atoms with Gasteiger partial charge in [-0.15, -0.1) is 22.7 Å². The lowest BCUT2D eigenvalue weighted by Crippen LogP contribution is -2.23. The van der Waals surface area contributed by atoms with E-state index >= 15 is 0 Å². The average molecular weight is 594 g/mol. The smallest absolute Gasteiger partial charge is 0.341 e. The number of aryl methyl sites for hydroxylation is 2. The van der Waals surface area contributed by atoms with E-state index in [4.69, 9.17) is 9.72 Å².